The molecule has 1 aromatic heterocycles. The van der Waals surface area contributed by atoms with Crippen LogP contribution in [-0.4, -0.2) is 77.2 Å². The number of halogens is 1. The van der Waals surface area contributed by atoms with E-state index < -0.39 is 0 Å². The molecule has 1 saturated carbocycles. The SMILES string of the molecule is CCN(CC(=O)NCC1(N2CCOCC2)CCCCC1)Cc1nc2cc(Cl)ccc2c(=O)[nH]1. The third kappa shape index (κ3) is 5.93. The summed E-state index contributed by atoms with van der Waals surface area (Å²) in [7, 11) is 0. The number of likely N-dealkylation sites (N-methyl/N-ethyl adjacent to an activating group) is 1. The summed E-state index contributed by atoms with van der Waals surface area (Å²) in [5, 5.41) is 4.26. The molecule has 1 aromatic carbocycles. The van der Waals surface area contributed by atoms with E-state index in [1.165, 1.54) is 19.3 Å². The Bertz CT molecular complexity index is 1010. The Hall–Kier alpha value is -2.00. The molecule has 0 unspecified atom stereocenters. The summed E-state index contributed by atoms with van der Waals surface area (Å²) < 4.78 is 5.55. The van der Waals surface area contributed by atoms with E-state index in [1.54, 1.807) is 18.2 Å². The maximum Gasteiger partial charge on any atom is 0.258 e. The monoisotopic (exact) mass is 475 g/mol. The first kappa shape index (κ1) is 24.1. The molecular formula is C24H34ClN5O3. The second-order valence-corrected chi connectivity index (χ2v) is 9.57. The molecule has 0 atom stereocenters. The highest BCUT2D eigenvalue weighted by Gasteiger charge is 2.38. The molecule has 1 amide bonds. The van der Waals surface area contributed by atoms with Crippen LogP contribution < -0.4 is 10.9 Å². The number of morpholine rings is 1. The third-order valence-electron chi connectivity index (χ3n) is 6.99. The van der Waals surface area contributed by atoms with Crippen molar-refractivity contribution >= 4 is 28.4 Å². The van der Waals surface area contributed by atoms with E-state index in [0.717, 1.165) is 39.1 Å². The Morgan fingerprint density at radius 3 is 2.76 bits per heavy atom. The van der Waals surface area contributed by atoms with E-state index in [-0.39, 0.29) is 23.6 Å². The van der Waals surface area contributed by atoms with E-state index >= 15 is 0 Å². The highest BCUT2D eigenvalue weighted by Crippen LogP contribution is 2.33. The minimum atomic E-state index is -0.197. The van der Waals surface area contributed by atoms with Gasteiger partial charge in [-0.05, 0) is 37.6 Å². The second kappa shape index (κ2) is 11.0. The smallest absolute Gasteiger partial charge is 0.258 e. The van der Waals surface area contributed by atoms with Crippen LogP contribution in [0.4, 0.5) is 0 Å². The molecule has 0 spiro atoms. The highest BCUT2D eigenvalue weighted by molar-refractivity contribution is 6.31. The molecule has 0 bridgehead atoms. The Morgan fingerprint density at radius 2 is 2.03 bits per heavy atom. The fourth-order valence-electron chi connectivity index (χ4n) is 5.10. The molecule has 2 N–H and O–H groups in total. The molecule has 1 saturated heterocycles. The van der Waals surface area contributed by atoms with Crippen LogP contribution in [0.5, 0.6) is 0 Å². The fourth-order valence-corrected chi connectivity index (χ4v) is 5.27. The second-order valence-electron chi connectivity index (χ2n) is 9.14. The van der Waals surface area contributed by atoms with Crippen LogP contribution in [0.2, 0.25) is 5.02 Å². The van der Waals surface area contributed by atoms with Gasteiger partial charge in [0.1, 0.15) is 5.82 Å². The predicted octanol–water partition coefficient (Wildman–Crippen LogP) is 2.55. The molecule has 33 heavy (non-hydrogen) atoms. The Labute approximate surface area is 199 Å². The third-order valence-corrected chi connectivity index (χ3v) is 7.22. The van der Waals surface area contributed by atoms with Crippen molar-refractivity contribution in [1.82, 2.24) is 25.1 Å². The predicted molar refractivity (Wildman–Crippen MR) is 130 cm³/mol. The van der Waals surface area contributed by atoms with Gasteiger partial charge in [0.25, 0.3) is 5.56 Å². The highest BCUT2D eigenvalue weighted by atomic mass is 35.5. The van der Waals surface area contributed by atoms with Gasteiger partial charge in [-0.15, -0.1) is 0 Å². The summed E-state index contributed by atoms with van der Waals surface area (Å²) in [5.41, 5.74) is 0.405. The van der Waals surface area contributed by atoms with Crippen molar-refractivity contribution in [2.45, 2.75) is 51.1 Å². The number of nitrogens with zero attached hydrogens (tertiary/aromatic N) is 3. The van der Waals surface area contributed by atoms with Gasteiger partial charge in [0, 0.05) is 30.2 Å². The van der Waals surface area contributed by atoms with Gasteiger partial charge >= 0.3 is 0 Å². The number of aromatic amines is 1. The molecule has 8 nitrogen and oxygen atoms in total. The first-order valence-electron chi connectivity index (χ1n) is 12.0. The Morgan fingerprint density at radius 1 is 1.27 bits per heavy atom. The fraction of sp³-hybridized carbons (Fsp3) is 0.625. The molecule has 180 valence electrons. The molecule has 2 fully saturated rings. The number of aromatic nitrogens is 2. The number of nitrogens with one attached hydrogen (secondary N) is 2. The summed E-state index contributed by atoms with van der Waals surface area (Å²) in [6.07, 6.45) is 5.93. The maximum absolute atomic E-state index is 12.9. The zero-order chi connectivity index (χ0) is 23.3. The largest absolute Gasteiger partial charge is 0.379 e. The lowest BCUT2D eigenvalue weighted by Gasteiger charge is -2.48. The normalized spacial score (nSPS) is 19.1. The van der Waals surface area contributed by atoms with Crippen molar-refractivity contribution in [3.8, 4) is 0 Å². The van der Waals surface area contributed by atoms with Crippen LogP contribution in [0.25, 0.3) is 10.9 Å². The van der Waals surface area contributed by atoms with Gasteiger partial charge in [-0.25, -0.2) is 4.98 Å². The number of benzene rings is 1. The van der Waals surface area contributed by atoms with E-state index in [9.17, 15) is 9.59 Å². The molecule has 0 radical (unpaired) electrons. The van der Waals surface area contributed by atoms with Crippen LogP contribution in [0.15, 0.2) is 23.0 Å². The minimum Gasteiger partial charge on any atom is -0.379 e. The molecule has 2 aromatic rings. The molecule has 2 heterocycles. The van der Waals surface area contributed by atoms with Gasteiger partial charge in [0.2, 0.25) is 5.91 Å². The Balaban J connectivity index is 1.38. The van der Waals surface area contributed by atoms with Crippen molar-refractivity contribution in [3.05, 3.63) is 39.4 Å². The molecular weight excluding hydrogens is 442 g/mol. The number of carbonyl (C=O) groups is 1. The topological polar surface area (TPSA) is 90.6 Å². The number of fused-ring (bicyclic) bond motifs is 1. The zero-order valence-corrected chi connectivity index (χ0v) is 20.1. The van der Waals surface area contributed by atoms with E-state index in [4.69, 9.17) is 16.3 Å². The van der Waals surface area contributed by atoms with Crippen molar-refractivity contribution < 1.29 is 9.53 Å². The van der Waals surface area contributed by atoms with Crippen LogP contribution in [-0.2, 0) is 16.1 Å². The summed E-state index contributed by atoms with van der Waals surface area (Å²) in [5.74, 6) is 0.530. The van der Waals surface area contributed by atoms with E-state index in [2.05, 4.69) is 20.2 Å². The van der Waals surface area contributed by atoms with E-state index in [1.807, 2.05) is 11.8 Å². The Kier molecular flexibility index (Phi) is 8.01. The number of H-pyrrole nitrogens is 1. The molecule has 1 aliphatic heterocycles. The van der Waals surface area contributed by atoms with Gasteiger partial charge in [0.15, 0.2) is 0 Å². The van der Waals surface area contributed by atoms with Crippen molar-refractivity contribution in [1.29, 1.82) is 0 Å². The number of ether oxygens (including phenoxy) is 1. The lowest BCUT2D eigenvalue weighted by molar-refractivity contribution is -0.123. The van der Waals surface area contributed by atoms with Crippen LogP contribution in [0.1, 0.15) is 44.9 Å². The average molecular weight is 476 g/mol. The summed E-state index contributed by atoms with van der Waals surface area (Å²) in [6, 6.07) is 5.04. The van der Waals surface area contributed by atoms with Gasteiger partial charge in [-0.2, -0.15) is 0 Å². The first-order chi connectivity index (χ1) is 16.0. The lowest BCUT2D eigenvalue weighted by atomic mass is 9.79. The van der Waals surface area contributed by atoms with Crippen LogP contribution >= 0.6 is 11.6 Å². The average Bonchev–Trinajstić information content (AvgIpc) is 2.83. The quantitative estimate of drug-likeness (QED) is 0.609. The van der Waals surface area contributed by atoms with Crippen molar-refractivity contribution in [2.24, 2.45) is 0 Å². The van der Waals surface area contributed by atoms with Crippen molar-refractivity contribution in [2.75, 3.05) is 45.9 Å². The van der Waals surface area contributed by atoms with Crippen molar-refractivity contribution in [3.63, 3.8) is 0 Å². The van der Waals surface area contributed by atoms with E-state index in [0.29, 0.717) is 41.4 Å². The van der Waals surface area contributed by atoms with Gasteiger partial charge in [-0.3, -0.25) is 19.4 Å². The standard InChI is InChI=1S/C24H34ClN5O3/c1-2-29(15-21-27-20-14-18(25)6-7-19(20)23(32)28-21)16-22(31)26-17-24(8-4-3-5-9-24)30-10-12-33-13-11-30/h6-7,14H,2-5,8-13,15-17H2,1H3,(H,26,31)(H,27,28,32). The molecule has 9 heteroatoms. The van der Waals surface area contributed by atoms with Crippen LogP contribution in [0, 0.1) is 0 Å². The first-order valence-corrected chi connectivity index (χ1v) is 12.4. The number of rotatable bonds is 8. The lowest BCUT2D eigenvalue weighted by Crippen LogP contribution is -2.60. The molecule has 4 rings (SSSR count). The zero-order valence-electron chi connectivity index (χ0n) is 19.4. The van der Waals surface area contributed by atoms with Gasteiger partial charge in [-0.1, -0.05) is 37.8 Å². The molecule has 1 aliphatic carbocycles. The van der Waals surface area contributed by atoms with Crippen LogP contribution in [0.3, 0.4) is 0 Å². The van der Waals surface area contributed by atoms with Gasteiger partial charge in [0.05, 0.1) is 37.2 Å². The minimum absolute atomic E-state index is 0.00115. The number of carbonyl (C=O) groups excluding carboxylic acids is 1. The summed E-state index contributed by atoms with van der Waals surface area (Å²) in [4.78, 5) is 37.2. The number of hydrogen-bond donors (Lipinski definition) is 2. The maximum atomic E-state index is 12.9. The number of amides is 1. The molecule has 2 aliphatic rings. The summed E-state index contributed by atoms with van der Waals surface area (Å²) in [6.45, 7) is 7.38. The van der Waals surface area contributed by atoms with Gasteiger partial charge < -0.3 is 15.0 Å². The summed E-state index contributed by atoms with van der Waals surface area (Å²) >= 11 is 6.07. The number of hydrogen-bond acceptors (Lipinski definition) is 6.